The number of carbonyl (C=O) groups is 1. The minimum absolute atomic E-state index is 0.0693. The van der Waals surface area contributed by atoms with Crippen molar-refractivity contribution in [1.82, 2.24) is 19.6 Å². The molecule has 0 saturated carbocycles. The summed E-state index contributed by atoms with van der Waals surface area (Å²) in [5.41, 5.74) is 2.62. The van der Waals surface area contributed by atoms with E-state index >= 15 is 0 Å². The van der Waals surface area contributed by atoms with Gasteiger partial charge in [-0.15, -0.1) is 11.3 Å². The quantitative estimate of drug-likeness (QED) is 0.646. The second-order valence-electron chi connectivity index (χ2n) is 7.11. The zero-order valence-electron chi connectivity index (χ0n) is 16.1. The summed E-state index contributed by atoms with van der Waals surface area (Å²) in [4.78, 5) is 19.6. The molecule has 3 heterocycles. The van der Waals surface area contributed by atoms with E-state index in [1.165, 1.54) is 9.75 Å². The standard InChI is InChI=1S/C21H23ClN4OS/c1-15-13-19(24(2)23-15)21(27)26-11-9-25(10-12-26)14-16-7-8-20(28-16)17-5-3-4-6-18(17)22/h3-8,13H,9-12,14H2,1-2H3. The number of carbonyl (C=O) groups excluding carboxylic acids is 1. The van der Waals surface area contributed by atoms with E-state index in [2.05, 4.69) is 28.2 Å². The first-order chi connectivity index (χ1) is 13.5. The summed E-state index contributed by atoms with van der Waals surface area (Å²) in [6.45, 7) is 6.05. The molecule has 1 aromatic carbocycles. The van der Waals surface area contributed by atoms with Gasteiger partial charge >= 0.3 is 0 Å². The third-order valence-electron chi connectivity index (χ3n) is 5.06. The average molecular weight is 415 g/mol. The molecule has 1 fully saturated rings. The molecule has 4 rings (SSSR count). The highest BCUT2D eigenvalue weighted by Crippen LogP contribution is 2.33. The number of hydrogen-bond acceptors (Lipinski definition) is 4. The van der Waals surface area contributed by atoms with Crippen LogP contribution in [-0.4, -0.2) is 51.7 Å². The fraction of sp³-hybridized carbons (Fsp3) is 0.333. The molecule has 3 aromatic rings. The lowest BCUT2D eigenvalue weighted by molar-refractivity contribution is 0.0619. The van der Waals surface area contributed by atoms with E-state index in [9.17, 15) is 4.79 Å². The highest BCUT2D eigenvalue weighted by molar-refractivity contribution is 7.15. The maximum atomic E-state index is 12.7. The Balaban J connectivity index is 1.36. The molecule has 0 atom stereocenters. The van der Waals surface area contributed by atoms with E-state index in [4.69, 9.17) is 11.6 Å². The van der Waals surface area contributed by atoms with Crippen LogP contribution in [0.2, 0.25) is 5.02 Å². The molecular weight excluding hydrogens is 392 g/mol. The maximum Gasteiger partial charge on any atom is 0.272 e. The fourth-order valence-corrected chi connectivity index (χ4v) is 4.95. The summed E-state index contributed by atoms with van der Waals surface area (Å²) in [6.07, 6.45) is 0. The van der Waals surface area contributed by atoms with E-state index in [0.29, 0.717) is 5.69 Å². The van der Waals surface area contributed by atoms with E-state index in [1.807, 2.05) is 43.1 Å². The van der Waals surface area contributed by atoms with Gasteiger partial charge in [0.15, 0.2) is 0 Å². The van der Waals surface area contributed by atoms with Gasteiger partial charge in [-0.3, -0.25) is 14.4 Å². The Morgan fingerprint density at radius 2 is 1.89 bits per heavy atom. The van der Waals surface area contributed by atoms with Crippen molar-refractivity contribution in [2.24, 2.45) is 7.05 Å². The Bertz CT molecular complexity index is 988. The Morgan fingerprint density at radius 1 is 1.14 bits per heavy atom. The van der Waals surface area contributed by atoms with Crippen LogP contribution >= 0.6 is 22.9 Å². The number of aromatic nitrogens is 2. The predicted octanol–water partition coefficient (Wildman–Crippen LogP) is 4.07. The van der Waals surface area contributed by atoms with Crippen molar-refractivity contribution in [3.05, 3.63) is 63.8 Å². The Morgan fingerprint density at radius 3 is 2.57 bits per heavy atom. The van der Waals surface area contributed by atoms with Crippen LogP contribution in [0.5, 0.6) is 0 Å². The van der Waals surface area contributed by atoms with E-state index in [1.54, 1.807) is 16.0 Å². The van der Waals surface area contributed by atoms with Crippen LogP contribution in [0.15, 0.2) is 42.5 Å². The molecule has 1 amide bonds. The molecule has 1 aliphatic rings. The maximum absolute atomic E-state index is 12.7. The summed E-state index contributed by atoms with van der Waals surface area (Å²) in [6, 6.07) is 14.1. The van der Waals surface area contributed by atoms with Crippen LogP contribution in [0.3, 0.4) is 0 Å². The zero-order chi connectivity index (χ0) is 19.7. The molecule has 0 radical (unpaired) electrons. The molecule has 0 spiro atoms. The Kier molecular flexibility index (Phi) is 5.53. The molecule has 28 heavy (non-hydrogen) atoms. The van der Waals surface area contributed by atoms with Gasteiger partial charge < -0.3 is 4.90 Å². The summed E-state index contributed by atoms with van der Waals surface area (Å²) in [5, 5.41) is 5.07. The first-order valence-corrected chi connectivity index (χ1v) is 10.6. The predicted molar refractivity (Wildman–Crippen MR) is 114 cm³/mol. The van der Waals surface area contributed by atoms with Crippen molar-refractivity contribution >= 4 is 28.8 Å². The molecule has 146 valence electrons. The molecule has 5 nitrogen and oxygen atoms in total. The van der Waals surface area contributed by atoms with Crippen LogP contribution in [0.4, 0.5) is 0 Å². The summed E-state index contributed by atoms with van der Waals surface area (Å²) in [7, 11) is 1.82. The number of hydrogen-bond donors (Lipinski definition) is 0. The van der Waals surface area contributed by atoms with Crippen molar-refractivity contribution in [2.75, 3.05) is 26.2 Å². The van der Waals surface area contributed by atoms with Gasteiger partial charge in [0.05, 0.1) is 5.69 Å². The zero-order valence-corrected chi connectivity index (χ0v) is 17.6. The van der Waals surface area contributed by atoms with Gasteiger partial charge in [0.1, 0.15) is 5.69 Å². The minimum atomic E-state index is 0.0693. The molecule has 2 aromatic heterocycles. The average Bonchev–Trinajstić information content (AvgIpc) is 3.28. The molecule has 0 N–H and O–H groups in total. The van der Waals surface area contributed by atoms with Gasteiger partial charge in [-0.25, -0.2) is 0 Å². The molecule has 1 saturated heterocycles. The lowest BCUT2D eigenvalue weighted by Crippen LogP contribution is -2.48. The summed E-state index contributed by atoms with van der Waals surface area (Å²) < 4.78 is 1.67. The lowest BCUT2D eigenvalue weighted by atomic mass is 10.2. The van der Waals surface area contributed by atoms with Crippen molar-refractivity contribution in [3.8, 4) is 10.4 Å². The number of benzene rings is 1. The topological polar surface area (TPSA) is 41.4 Å². The molecule has 7 heteroatoms. The molecule has 1 aliphatic heterocycles. The van der Waals surface area contributed by atoms with Crippen molar-refractivity contribution < 1.29 is 4.79 Å². The normalized spacial score (nSPS) is 15.2. The van der Waals surface area contributed by atoms with E-state index < -0.39 is 0 Å². The van der Waals surface area contributed by atoms with Gasteiger partial charge in [0.25, 0.3) is 5.91 Å². The van der Waals surface area contributed by atoms with Crippen LogP contribution in [0.25, 0.3) is 10.4 Å². The van der Waals surface area contributed by atoms with E-state index in [0.717, 1.165) is 49.0 Å². The number of rotatable bonds is 4. The van der Waals surface area contributed by atoms with Crippen LogP contribution in [0, 0.1) is 6.92 Å². The van der Waals surface area contributed by atoms with E-state index in [-0.39, 0.29) is 5.91 Å². The molecular formula is C21H23ClN4OS. The molecule has 0 unspecified atom stereocenters. The first-order valence-electron chi connectivity index (χ1n) is 9.37. The first kappa shape index (κ1) is 19.2. The highest BCUT2D eigenvalue weighted by atomic mass is 35.5. The number of thiophene rings is 1. The van der Waals surface area contributed by atoms with Crippen LogP contribution in [0.1, 0.15) is 21.1 Å². The third-order valence-corrected chi connectivity index (χ3v) is 6.49. The van der Waals surface area contributed by atoms with Crippen molar-refractivity contribution in [1.29, 1.82) is 0 Å². The van der Waals surface area contributed by atoms with Gasteiger partial charge in [0.2, 0.25) is 0 Å². The number of aryl methyl sites for hydroxylation is 2. The SMILES string of the molecule is Cc1cc(C(=O)N2CCN(Cc3ccc(-c4ccccc4Cl)s3)CC2)n(C)n1. The summed E-state index contributed by atoms with van der Waals surface area (Å²) >= 11 is 8.11. The lowest BCUT2D eigenvalue weighted by Gasteiger charge is -2.34. The molecule has 0 bridgehead atoms. The second kappa shape index (κ2) is 8.07. The monoisotopic (exact) mass is 414 g/mol. The molecule has 0 aliphatic carbocycles. The minimum Gasteiger partial charge on any atom is -0.335 e. The highest BCUT2D eigenvalue weighted by Gasteiger charge is 2.24. The number of nitrogens with zero attached hydrogens (tertiary/aromatic N) is 4. The number of amides is 1. The third kappa shape index (κ3) is 3.99. The number of piperazine rings is 1. The fourth-order valence-electron chi connectivity index (χ4n) is 3.57. The van der Waals surface area contributed by atoms with Gasteiger partial charge in [0, 0.05) is 60.1 Å². The Labute approximate surface area is 174 Å². The van der Waals surface area contributed by atoms with Crippen molar-refractivity contribution in [3.63, 3.8) is 0 Å². The van der Waals surface area contributed by atoms with Gasteiger partial charge in [-0.1, -0.05) is 29.8 Å². The van der Waals surface area contributed by atoms with Crippen molar-refractivity contribution in [2.45, 2.75) is 13.5 Å². The largest absolute Gasteiger partial charge is 0.335 e. The smallest absolute Gasteiger partial charge is 0.272 e. The van der Waals surface area contributed by atoms with Gasteiger partial charge in [-0.05, 0) is 31.2 Å². The Hall–Kier alpha value is -2.15. The van der Waals surface area contributed by atoms with Gasteiger partial charge in [-0.2, -0.15) is 5.10 Å². The van der Waals surface area contributed by atoms with Crippen LogP contribution < -0.4 is 0 Å². The van der Waals surface area contributed by atoms with Crippen LogP contribution in [-0.2, 0) is 13.6 Å². The summed E-state index contributed by atoms with van der Waals surface area (Å²) in [5.74, 6) is 0.0693. The number of halogens is 1. The second-order valence-corrected chi connectivity index (χ2v) is 8.68.